The Balaban J connectivity index is 1.67. The molecule has 1 heterocycles. The van der Waals surface area contributed by atoms with E-state index in [1.165, 1.54) is 16.7 Å². The molecule has 0 fully saturated rings. The van der Waals surface area contributed by atoms with E-state index in [0.717, 1.165) is 45.8 Å². The zero-order chi connectivity index (χ0) is 14.8. The van der Waals surface area contributed by atoms with Crippen LogP contribution in [-0.2, 0) is 19.5 Å². The van der Waals surface area contributed by atoms with Gasteiger partial charge in [-0.15, -0.1) is 0 Å². The van der Waals surface area contributed by atoms with E-state index in [9.17, 15) is 0 Å². The maximum atomic E-state index is 6.00. The molecule has 5 heteroatoms. The zero-order valence-electron chi connectivity index (χ0n) is 11.3. The molecule has 0 unspecified atom stereocenters. The van der Waals surface area contributed by atoms with E-state index in [0.29, 0.717) is 0 Å². The fourth-order valence-electron chi connectivity index (χ4n) is 2.47. The Labute approximate surface area is 146 Å². The lowest BCUT2D eigenvalue weighted by Crippen LogP contribution is -2.13. The van der Waals surface area contributed by atoms with Crippen LogP contribution in [0.2, 0.25) is 5.02 Å². The first-order chi connectivity index (χ1) is 10.1. The van der Waals surface area contributed by atoms with Crippen LogP contribution in [0.15, 0.2) is 39.3 Å². The summed E-state index contributed by atoms with van der Waals surface area (Å²) in [5.74, 6) is 1.04. The molecule has 0 saturated heterocycles. The molecule has 2 aromatic carbocycles. The Hall–Kier alpha value is -0.550. The van der Waals surface area contributed by atoms with Gasteiger partial charge in [-0.05, 0) is 51.3 Å². The normalized spacial score (nSPS) is 13.1. The minimum absolute atomic E-state index is 0.733. The highest BCUT2D eigenvalue weighted by atomic mass is 79.9. The smallest absolute Gasteiger partial charge is 0.127 e. The number of nitrogens with one attached hydrogen (secondary N) is 1. The van der Waals surface area contributed by atoms with Gasteiger partial charge in [0, 0.05) is 34.0 Å². The van der Waals surface area contributed by atoms with Crippen molar-refractivity contribution in [1.82, 2.24) is 5.32 Å². The summed E-state index contributed by atoms with van der Waals surface area (Å²) in [5, 5.41) is 4.19. The molecular formula is C16H14Br2ClNO. The van der Waals surface area contributed by atoms with Crippen molar-refractivity contribution in [1.29, 1.82) is 0 Å². The van der Waals surface area contributed by atoms with E-state index >= 15 is 0 Å². The summed E-state index contributed by atoms with van der Waals surface area (Å²) < 4.78 is 7.77. The Kier molecular flexibility index (Phi) is 4.89. The highest BCUT2D eigenvalue weighted by Crippen LogP contribution is 2.33. The van der Waals surface area contributed by atoms with Gasteiger partial charge in [-0.2, -0.15) is 0 Å². The molecule has 110 valence electrons. The molecule has 0 bridgehead atoms. The third-order valence-electron chi connectivity index (χ3n) is 3.45. The van der Waals surface area contributed by atoms with Gasteiger partial charge in [0.1, 0.15) is 5.75 Å². The van der Waals surface area contributed by atoms with Crippen LogP contribution in [0.3, 0.4) is 0 Å². The topological polar surface area (TPSA) is 21.3 Å². The number of benzene rings is 2. The third kappa shape index (κ3) is 3.62. The molecule has 2 aromatic rings. The molecule has 1 N–H and O–H groups in total. The van der Waals surface area contributed by atoms with Crippen LogP contribution in [0, 0.1) is 0 Å². The van der Waals surface area contributed by atoms with Crippen molar-refractivity contribution in [3.63, 3.8) is 0 Å². The summed E-state index contributed by atoms with van der Waals surface area (Å²) in [7, 11) is 0. The van der Waals surface area contributed by atoms with Crippen LogP contribution in [0.25, 0.3) is 0 Å². The first-order valence-electron chi connectivity index (χ1n) is 6.72. The van der Waals surface area contributed by atoms with E-state index in [1.54, 1.807) is 0 Å². The summed E-state index contributed by atoms with van der Waals surface area (Å²) >= 11 is 13.0. The molecule has 21 heavy (non-hydrogen) atoms. The lowest BCUT2D eigenvalue weighted by Gasteiger charge is -2.11. The minimum atomic E-state index is 0.733. The molecule has 0 spiro atoms. The molecule has 1 aliphatic heterocycles. The lowest BCUT2D eigenvalue weighted by molar-refractivity contribution is 0.352. The van der Waals surface area contributed by atoms with Crippen molar-refractivity contribution in [3.05, 3.63) is 61.0 Å². The van der Waals surface area contributed by atoms with Gasteiger partial charge in [-0.25, -0.2) is 0 Å². The molecule has 1 aliphatic rings. The van der Waals surface area contributed by atoms with E-state index in [-0.39, 0.29) is 0 Å². The van der Waals surface area contributed by atoms with Crippen molar-refractivity contribution in [2.45, 2.75) is 19.5 Å². The molecule has 2 nitrogen and oxygen atoms in total. The average molecular weight is 432 g/mol. The Morgan fingerprint density at radius 2 is 2.00 bits per heavy atom. The van der Waals surface area contributed by atoms with Crippen molar-refractivity contribution in [2.24, 2.45) is 0 Å². The van der Waals surface area contributed by atoms with E-state index in [4.69, 9.17) is 16.3 Å². The van der Waals surface area contributed by atoms with Gasteiger partial charge >= 0.3 is 0 Å². The van der Waals surface area contributed by atoms with Crippen LogP contribution >= 0.6 is 43.5 Å². The van der Waals surface area contributed by atoms with Gasteiger partial charge in [0.25, 0.3) is 0 Å². The number of fused-ring (bicyclic) bond motifs is 1. The Morgan fingerprint density at radius 1 is 1.14 bits per heavy atom. The molecule has 0 radical (unpaired) electrons. The first kappa shape index (κ1) is 15.3. The van der Waals surface area contributed by atoms with Gasteiger partial charge in [0.2, 0.25) is 0 Å². The molecule has 0 saturated carbocycles. The SMILES string of the molecule is Clc1ccc(CNCc2cc(Br)cc3c2OCC3)cc1Br. The fraction of sp³-hybridized carbons (Fsp3) is 0.250. The summed E-state index contributed by atoms with van der Waals surface area (Å²) in [6.07, 6.45) is 0.992. The van der Waals surface area contributed by atoms with E-state index in [2.05, 4.69) is 49.3 Å². The maximum absolute atomic E-state index is 6.00. The summed E-state index contributed by atoms with van der Waals surface area (Å²) in [6, 6.07) is 10.2. The Bertz CT molecular complexity index is 676. The van der Waals surface area contributed by atoms with Crippen molar-refractivity contribution in [2.75, 3.05) is 6.61 Å². The van der Waals surface area contributed by atoms with Gasteiger partial charge in [0.15, 0.2) is 0 Å². The first-order valence-corrected chi connectivity index (χ1v) is 8.68. The number of rotatable bonds is 4. The molecule has 0 amide bonds. The van der Waals surface area contributed by atoms with Gasteiger partial charge in [-0.3, -0.25) is 0 Å². The maximum Gasteiger partial charge on any atom is 0.127 e. The van der Waals surface area contributed by atoms with E-state index in [1.807, 2.05) is 18.2 Å². The van der Waals surface area contributed by atoms with E-state index < -0.39 is 0 Å². The fourth-order valence-corrected chi connectivity index (χ4v) is 3.56. The second-order valence-corrected chi connectivity index (χ2v) is 7.18. The summed E-state index contributed by atoms with van der Waals surface area (Å²) in [5.41, 5.74) is 3.68. The number of ether oxygens (including phenoxy) is 1. The second kappa shape index (κ2) is 6.69. The highest BCUT2D eigenvalue weighted by molar-refractivity contribution is 9.10. The van der Waals surface area contributed by atoms with Crippen LogP contribution < -0.4 is 10.1 Å². The molecule has 0 atom stereocenters. The lowest BCUT2D eigenvalue weighted by atomic mass is 10.1. The minimum Gasteiger partial charge on any atom is -0.493 e. The highest BCUT2D eigenvalue weighted by Gasteiger charge is 2.17. The standard InChI is InChI=1S/C16H14Br2ClNO/c17-13-6-11-3-4-21-16(11)12(7-13)9-20-8-10-1-2-15(19)14(18)5-10/h1-2,5-7,20H,3-4,8-9H2. The van der Waals surface area contributed by atoms with Crippen molar-refractivity contribution < 1.29 is 4.74 Å². The van der Waals surface area contributed by atoms with Gasteiger partial charge in [0.05, 0.1) is 11.6 Å². The van der Waals surface area contributed by atoms with Crippen LogP contribution in [0.1, 0.15) is 16.7 Å². The predicted molar refractivity (Wildman–Crippen MR) is 93.0 cm³/mol. The molecule has 3 rings (SSSR count). The largest absolute Gasteiger partial charge is 0.493 e. The van der Waals surface area contributed by atoms with Crippen molar-refractivity contribution in [3.8, 4) is 5.75 Å². The predicted octanol–water partition coefficient (Wildman–Crippen LogP) is 5.09. The number of halogens is 3. The molecular weight excluding hydrogens is 417 g/mol. The van der Waals surface area contributed by atoms with Gasteiger partial charge in [-0.1, -0.05) is 33.6 Å². The molecule has 0 aliphatic carbocycles. The zero-order valence-corrected chi connectivity index (χ0v) is 15.2. The summed E-state index contributed by atoms with van der Waals surface area (Å²) in [4.78, 5) is 0. The van der Waals surface area contributed by atoms with Crippen LogP contribution in [0.5, 0.6) is 5.75 Å². The monoisotopic (exact) mass is 429 g/mol. The van der Waals surface area contributed by atoms with Crippen molar-refractivity contribution >= 4 is 43.5 Å². The van der Waals surface area contributed by atoms with Crippen LogP contribution in [0.4, 0.5) is 0 Å². The molecule has 0 aromatic heterocycles. The average Bonchev–Trinajstić information content (AvgIpc) is 2.91. The van der Waals surface area contributed by atoms with Crippen LogP contribution in [-0.4, -0.2) is 6.61 Å². The third-order valence-corrected chi connectivity index (χ3v) is 5.13. The summed E-state index contributed by atoms with van der Waals surface area (Å²) in [6.45, 7) is 2.35. The second-order valence-electron chi connectivity index (χ2n) is 5.00. The number of hydrogen-bond acceptors (Lipinski definition) is 2. The number of hydrogen-bond donors (Lipinski definition) is 1. The van der Waals surface area contributed by atoms with Gasteiger partial charge < -0.3 is 10.1 Å². The Morgan fingerprint density at radius 3 is 2.81 bits per heavy atom. The quantitative estimate of drug-likeness (QED) is 0.728.